The van der Waals surface area contributed by atoms with Crippen molar-refractivity contribution in [3.8, 4) is 6.01 Å². The second-order valence-corrected chi connectivity index (χ2v) is 9.89. The fourth-order valence-corrected chi connectivity index (χ4v) is 5.81. The molecule has 3 aliphatic rings. The molecule has 0 spiro atoms. The molecule has 2 atom stereocenters. The molecule has 12 heteroatoms. The summed E-state index contributed by atoms with van der Waals surface area (Å²) in [6, 6.07) is 0.733. The molecule has 4 heterocycles. The first kappa shape index (κ1) is 23.9. The van der Waals surface area contributed by atoms with Crippen LogP contribution in [0.15, 0.2) is 10.5 Å². The van der Waals surface area contributed by atoms with Crippen molar-refractivity contribution in [1.82, 2.24) is 14.9 Å². The molecule has 5 rings (SSSR count). The van der Waals surface area contributed by atoms with Gasteiger partial charge in [-0.2, -0.15) is 23.1 Å². The summed E-state index contributed by atoms with van der Waals surface area (Å²) in [4.78, 5) is 12.4. The Morgan fingerprint density at radius 3 is 2.79 bits per heavy atom. The predicted octanol–water partition coefficient (Wildman–Crippen LogP) is 4.73. The van der Waals surface area contributed by atoms with Crippen LogP contribution < -0.4 is 9.64 Å². The van der Waals surface area contributed by atoms with E-state index in [4.69, 9.17) is 9.47 Å². The van der Waals surface area contributed by atoms with Gasteiger partial charge in [0, 0.05) is 38.0 Å². The third-order valence-electron chi connectivity index (χ3n) is 6.89. The maximum Gasteiger partial charge on any atom is 0.417 e. The molecule has 3 aliphatic heterocycles. The van der Waals surface area contributed by atoms with E-state index in [0.717, 1.165) is 25.5 Å². The Labute approximate surface area is 201 Å². The molecule has 1 unspecified atom stereocenters. The van der Waals surface area contributed by atoms with Crippen LogP contribution in [0.2, 0.25) is 0 Å². The number of halogens is 6. The van der Waals surface area contributed by atoms with E-state index in [1.165, 1.54) is 0 Å². The van der Waals surface area contributed by atoms with Crippen molar-refractivity contribution in [1.29, 1.82) is 0 Å². The lowest BCUT2D eigenvalue weighted by atomic mass is 9.95. The average molecular weight is 551 g/mol. The third-order valence-corrected chi connectivity index (χ3v) is 7.66. The standard InChI is InChI=1S/C22H24BrF5N4O2/c23-16-15(22(26,27)28)9-14-18(17(16)25)29-20(30-19(14)31-4-2-7-33-8-6-31)34-12-21-3-1-5-32(21)11-13(24)10-21/h9,13H,1-8,10-12H2/t13-,21?/m1/s1. The minimum Gasteiger partial charge on any atom is -0.461 e. The molecular formula is C22H24BrF5N4O2. The molecule has 3 saturated heterocycles. The van der Waals surface area contributed by atoms with E-state index in [-0.39, 0.29) is 29.3 Å². The Morgan fingerprint density at radius 2 is 2.00 bits per heavy atom. The van der Waals surface area contributed by atoms with Crippen LogP contribution in [-0.4, -0.2) is 72.6 Å². The Balaban J connectivity index is 1.57. The van der Waals surface area contributed by atoms with Crippen molar-refractivity contribution >= 4 is 32.7 Å². The van der Waals surface area contributed by atoms with Gasteiger partial charge in [0.05, 0.1) is 22.2 Å². The Kier molecular flexibility index (Phi) is 6.34. The lowest BCUT2D eigenvalue weighted by Gasteiger charge is -2.31. The number of alkyl halides is 4. The Morgan fingerprint density at radius 1 is 1.18 bits per heavy atom. The van der Waals surface area contributed by atoms with Gasteiger partial charge in [-0.3, -0.25) is 4.90 Å². The molecule has 186 valence electrons. The topological polar surface area (TPSA) is 50.7 Å². The third kappa shape index (κ3) is 4.32. The Bertz CT molecular complexity index is 1080. The zero-order valence-electron chi connectivity index (χ0n) is 18.3. The quantitative estimate of drug-likeness (QED) is 0.513. The summed E-state index contributed by atoms with van der Waals surface area (Å²) in [6.07, 6.45) is -3.03. The maximum absolute atomic E-state index is 15.2. The Hall–Kier alpha value is -1.79. The highest BCUT2D eigenvalue weighted by molar-refractivity contribution is 9.10. The van der Waals surface area contributed by atoms with E-state index in [1.807, 2.05) is 0 Å². The number of aromatic nitrogens is 2. The summed E-state index contributed by atoms with van der Waals surface area (Å²) in [5.41, 5.74) is -1.86. The summed E-state index contributed by atoms with van der Waals surface area (Å²) in [5.74, 6) is -0.965. The molecule has 1 aromatic carbocycles. The van der Waals surface area contributed by atoms with E-state index in [1.54, 1.807) is 4.90 Å². The number of hydrogen-bond acceptors (Lipinski definition) is 6. The summed E-state index contributed by atoms with van der Waals surface area (Å²) < 4.78 is 80.8. The summed E-state index contributed by atoms with van der Waals surface area (Å²) >= 11 is 2.75. The monoisotopic (exact) mass is 550 g/mol. The van der Waals surface area contributed by atoms with Gasteiger partial charge in [0.15, 0.2) is 5.82 Å². The summed E-state index contributed by atoms with van der Waals surface area (Å²) in [5, 5.41) is -0.0485. The van der Waals surface area contributed by atoms with Gasteiger partial charge in [-0.05, 0) is 47.8 Å². The van der Waals surface area contributed by atoms with Crippen LogP contribution in [-0.2, 0) is 10.9 Å². The summed E-state index contributed by atoms with van der Waals surface area (Å²) in [7, 11) is 0. The largest absolute Gasteiger partial charge is 0.461 e. The van der Waals surface area contributed by atoms with E-state index in [9.17, 15) is 17.6 Å². The number of nitrogens with zero attached hydrogens (tertiary/aromatic N) is 4. The van der Waals surface area contributed by atoms with Gasteiger partial charge in [-0.15, -0.1) is 0 Å². The van der Waals surface area contributed by atoms with Crippen molar-refractivity contribution in [2.45, 2.75) is 43.6 Å². The molecule has 1 aromatic heterocycles. The van der Waals surface area contributed by atoms with Gasteiger partial charge >= 0.3 is 12.2 Å². The molecule has 2 aromatic rings. The van der Waals surface area contributed by atoms with E-state index in [0.29, 0.717) is 45.7 Å². The van der Waals surface area contributed by atoms with Crippen LogP contribution in [0.25, 0.3) is 10.9 Å². The minimum absolute atomic E-state index is 0.0485. The lowest BCUT2D eigenvalue weighted by molar-refractivity contribution is -0.138. The summed E-state index contributed by atoms with van der Waals surface area (Å²) in [6.45, 7) is 3.00. The van der Waals surface area contributed by atoms with Crippen LogP contribution in [0.5, 0.6) is 6.01 Å². The minimum atomic E-state index is -4.77. The molecule has 0 N–H and O–H groups in total. The lowest BCUT2D eigenvalue weighted by Crippen LogP contribution is -2.43. The number of fused-ring (bicyclic) bond motifs is 2. The highest BCUT2D eigenvalue weighted by Gasteiger charge is 2.49. The molecule has 0 bridgehead atoms. The van der Waals surface area contributed by atoms with Gasteiger partial charge < -0.3 is 14.4 Å². The highest BCUT2D eigenvalue weighted by Crippen LogP contribution is 2.43. The maximum atomic E-state index is 15.2. The number of ether oxygens (including phenoxy) is 2. The molecule has 0 saturated carbocycles. The molecule has 0 radical (unpaired) electrons. The zero-order chi connectivity index (χ0) is 24.1. The van der Waals surface area contributed by atoms with Crippen LogP contribution in [0.4, 0.5) is 27.8 Å². The van der Waals surface area contributed by atoms with Crippen LogP contribution in [0.1, 0.15) is 31.2 Å². The first-order chi connectivity index (χ1) is 16.2. The van der Waals surface area contributed by atoms with Gasteiger partial charge in [-0.25, -0.2) is 8.78 Å². The number of rotatable bonds is 4. The van der Waals surface area contributed by atoms with Gasteiger partial charge in [-0.1, -0.05) is 0 Å². The first-order valence-corrected chi connectivity index (χ1v) is 12.1. The average Bonchev–Trinajstić information content (AvgIpc) is 3.16. The predicted molar refractivity (Wildman–Crippen MR) is 118 cm³/mol. The van der Waals surface area contributed by atoms with Crippen molar-refractivity contribution in [2.24, 2.45) is 0 Å². The van der Waals surface area contributed by atoms with Crippen molar-refractivity contribution < 1.29 is 31.4 Å². The number of hydrogen-bond donors (Lipinski definition) is 0. The van der Waals surface area contributed by atoms with Crippen LogP contribution in [0, 0.1) is 5.82 Å². The number of benzene rings is 1. The van der Waals surface area contributed by atoms with E-state index >= 15 is 4.39 Å². The molecule has 3 fully saturated rings. The molecule has 0 amide bonds. The van der Waals surface area contributed by atoms with Crippen LogP contribution >= 0.6 is 15.9 Å². The first-order valence-electron chi connectivity index (χ1n) is 11.3. The van der Waals surface area contributed by atoms with Gasteiger partial charge in [0.2, 0.25) is 0 Å². The molecule has 34 heavy (non-hydrogen) atoms. The fraction of sp³-hybridized carbons (Fsp3) is 0.636. The second kappa shape index (κ2) is 9.02. The smallest absolute Gasteiger partial charge is 0.417 e. The SMILES string of the molecule is Fc1c(Br)c(C(F)(F)F)cc2c(N3CCCOCC3)nc(OCC34CCCN3C[C@H](F)C4)nc12. The second-order valence-electron chi connectivity index (χ2n) is 9.09. The van der Waals surface area contributed by atoms with Crippen molar-refractivity contribution in [3.63, 3.8) is 0 Å². The van der Waals surface area contributed by atoms with E-state index in [2.05, 4.69) is 30.8 Å². The molecule has 0 aliphatic carbocycles. The van der Waals surface area contributed by atoms with Crippen molar-refractivity contribution in [2.75, 3.05) is 50.9 Å². The zero-order valence-corrected chi connectivity index (χ0v) is 19.9. The van der Waals surface area contributed by atoms with Crippen LogP contribution in [0.3, 0.4) is 0 Å². The fourth-order valence-electron chi connectivity index (χ4n) is 5.29. The molecular weight excluding hydrogens is 527 g/mol. The van der Waals surface area contributed by atoms with Gasteiger partial charge in [0.1, 0.15) is 24.1 Å². The normalized spacial score (nSPS) is 26.2. The number of anilines is 1. The van der Waals surface area contributed by atoms with Crippen molar-refractivity contribution in [3.05, 3.63) is 21.9 Å². The van der Waals surface area contributed by atoms with Gasteiger partial charge in [0.25, 0.3) is 0 Å². The molecule has 6 nitrogen and oxygen atoms in total. The highest BCUT2D eigenvalue weighted by atomic mass is 79.9. The van der Waals surface area contributed by atoms with E-state index < -0.39 is 33.7 Å².